The molecule has 90 valence electrons. The quantitative estimate of drug-likeness (QED) is 0.781. The second-order valence-electron chi connectivity index (χ2n) is 4.45. The number of rotatable bonds is 5. The van der Waals surface area contributed by atoms with Crippen molar-refractivity contribution in [3.05, 3.63) is 24.3 Å². The summed E-state index contributed by atoms with van der Waals surface area (Å²) >= 11 is -0.753. The fraction of sp³-hybridized carbons (Fsp3) is 0.500. The molecule has 0 atom stereocenters. The van der Waals surface area contributed by atoms with Gasteiger partial charge in [-0.1, -0.05) is 0 Å². The molecule has 0 amide bonds. The van der Waals surface area contributed by atoms with E-state index in [4.69, 9.17) is 4.42 Å². The molecule has 0 aliphatic rings. The Labute approximate surface area is 113 Å². The molecule has 0 N–H and O–H groups in total. The molecule has 2 nitrogen and oxygen atoms in total. The number of benzene rings is 1. The predicted octanol–water partition coefficient (Wildman–Crippen LogP) is 3.55. The Bertz CT molecular complexity index is 446. The third-order valence-electron chi connectivity index (χ3n) is 3.70. The maximum atomic E-state index is 5.89. The van der Waals surface area contributed by atoms with E-state index in [1.165, 1.54) is 19.3 Å². The first-order valence-corrected chi connectivity index (χ1v) is 9.22. The molecule has 0 saturated carbocycles. The number of hydrogen-bond donors (Lipinski definition) is 0. The average molecular weight is 336 g/mol. The molecule has 0 fully saturated rings. The fourth-order valence-electron chi connectivity index (χ4n) is 2.17. The molecule has 0 spiro atoms. The molecule has 17 heavy (non-hydrogen) atoms. The van der Waals surface area contributed by atoms with Gasteiger partial charge in [0.2, 0.25) is 0 Å². The molecule has 3 heteroatoms. The van der Waals surface area contributed by atoms with Crippen molar-refractivity contribution in [2.24, 2.45) is 0 Å². The molecule has 0 unspecified atom stereocenters. The van der Waals surface area contributed by atoms with Crippen LogP contribution in [-0.2, 0) is 0 Å². The van der Waals surface area contributed by atoms with Crippen LogP contribution in [0.3, 0.4) is 0 Å². The van der Waals surface area contributed by atoms with Gasteiger partial charge in [0.1, 0.15) is 0 Å². The first-order valence-electron chi connectivity index (χ1n) is 6.36. The van der Waals surface area contributed by atoms with Crippen LogP contribution in [0, 0.1) is 0 Å². The monoisotopic (exact) mass is 337 g/mol. The number of aromatic nitrogens is 1. The number of fused-ring (bicyclic) bond motifs is 1. The molecular weight excluding hydrogens is 317 g/mol. The van der Waals surface area contributed by atoms with E-state index in [0.29, 0.717) is 3.43 Å². The van der Waals surface area contributed by atoms with Crippen molar-refractivity contribution in [2.45, 2.75) is 43.5 Å². The third-order valence-corrected chi connectivity index (χ3v) is 9.46. The Balaban J connectivity index is 2.28. The maximum absolute atomic E-state index is 5.89. The van der Waals surface area contributed by atoms with Gasteiger partial charge < -0.3 is 0 Å². The summed E-state index contributed by atoms with van der Waals surface area (Å²) in [5.41, 5.74) is 1.96. The molecule has 2 rings (SSSR count). The van der Waals surface area contributed by atoms with Crippen molar-refractivity contribution in [3.63, 3.8) is 0 Å². The molecule has 2 aromatic rings. The number of para-hydroxylation sites is 2. The van der Waals surface area contributed by atoms with Gasteiger partial charge in [-0.2, -0.15) is 0 Å². The van der Waals surface area contributed by atoms with Gasteiger partial charge in [-0.15, -0.1) is 0 Å². The standard InChI is InChI=1S/C7H4NO.C7H15.Sn/c1-2-4-7-6(3-1)8-5-9-7;1-4-7(5-2)6-3;/h1-4H;4-6H2,1-3H3;. The summed E-state index contributed by atoms with van der Waals surface area (Å²) in [5.74, 6) is 0. The Hall–Kier alpha value is -0.511. The molecule has 0 saturated heterocycles. The van der Waals surface area contributed by atoms with Crippen LogP contribution in [0.4, 0.5) is 0 Å². The van der Waals surface area contributed by atoms with Crippen molar-refractivity contribution >= 4 is 36.1 Å². The molecule has 0 aliphatic carbocycles. The normalized spacial score (nSPS) is 12.2. The molecule has 1 aromatic heterocycles. The Morgan fingerprint density at radius 2 is 1.76 bits per heavy atom. The van der Waals surface area contributed by atoms with Crippen LogP contribution >= 0.6 is 0 Å². The minimum absolute atomic E-state index is 0.518. The third kappa shape index (κ3) is 2.67. The summed E-state index contributed by atoms with van der Waals surface area (Å²) in [6, 6.07) is 8.07. The second-order valence-corrected chi connectivity index (χ2v) is 9.41. The van der Waals surface area contributed by atoms with Gasteiger partial charge in [0.05, 0.1) is 0 Å². The zero-order valence-electron chi connectivity index (χ0n) is 10.8. The number of oxazole rings is 1. The van der Waals surface area contributed by atoms with Crippen LogP contribution < -0.4 is 3.91 Å². The zero-order chi connectivity index (χ0) is 12.3. The van der Waals surface area contributed by atoms with E-state index >= 15 is 0 Å². The van der Waals surface area contributed by atoms with Crippen LogP contribution in [0.1, 0.15) is 40.0 Å². The summed E-state index contributed by atoms with van der Waals surface area (Å²) < 4.78 is 7.47. The van der Waals surface area contributed by atoms with Crippen LogP contribution in [0.5, 0.6) is 0 Å². The van der Waals surface area contributed by atoms with E-state index in [-0.39, 0.29) is 0 Å². The Morgan fingerprint density at radius 1 is 1.12 bits per heavy atom. The summed E-state index contributed by atoms with van der Waals surface area (Å²) in [4.78, 5) is 4.65. The minimum atomic E-state index is -0.753. The second kappa shape index (κ2) is 5.42. The molecule has 1 aromatic carbocycles. The van der Waals surface area contributed by atoms with E-state index in [2.05, 4.69) is 25.8 Å². The SMILES string of the molecule is CC[C](CC)(CC)[Sn][c]1nc2ccccc2o1. The van der Waals surface area contributed by atoms with Crippen LogP contribution in [-0.4, -0.2) is 26.1 Å². The van der Waals surface area contributed by atoms with Gasteiger partial charge in [-0.25, -0.2) is 0 Å². The summed E-state index contributed by atoms with van der Waals surface area (Å²) in [7, 11) is 0. The van der Waals surface area contributed by atoms with Crippen molar-refractivity contribution in [2.75, 3.05) is 0 Å². The average Bonchev–Trinajstić information content (AvgIpc) is 2.78. The number of nitrogens with zero attached hydrogens (tertiary/aromatic N) is 1. The van der Waals surface area contributed by atoms with E-state index < -0.39 is 21.1 Å². The van der Waals surface area contributed by atoms with Gasteiger partial charge in [0, 0.05) is 0 Å². The van der Waals surface area contributed by atoms with Crippen LogP contribution in [0.2, 0.25) is 3.43 Å². The van der Waals surface area contributed by atoms with Crippen molar-refractivity contribution in [1.82, 2.24) is 4.98 Å². The summed E-state index contributed by atoms with van der Waals surface area (Å²) in [6.07, 6.45) is 3.76. The van der Waals surface area contributed by atoms with Gasteiger partial charge in [0.25, 0.3) is 0 Å². The molecular formula is C14H19NOSn. The van der Waals surface area contributed by atoms with E-state index in [9.17, 15) is 0 Å². The van der Waals surface area contributed by atoms with Crippen LogP contribution in [0.15, 0.2) is 28.7 Å². The van der Waals surface area contributed by atoms with Gasteiger partial charge in [-0.3, -0.25) is 0 Å². The fourth-order valence-corrected chi connectivity index (χ4v) is 5.94. The molecule has 0 aliphatic heterocycles. The summed E-state index contributed by atoms with van der Waals surface area (Å²) in [6.45, 7) is 6.91. The van der Waals surface area contributed by atoms with Crippen molar-refractivity contribution in [3.8, 4) is 0 Å². The summed E-state index contributed by atoms with van der Waals surface area (Å²) in [5, 5.41) is 0. The van der Waals surface area contributed by atoms with Crippen LogP contribution in [0.25, 0.3) is 11.1 Å². The van der Waals surface area contributed by atoms with E-state index in [1.807, 2.05) is 24.3 Å². The predicted molar refractivity (Wildman–Crippen MR) is 73.0 cm³/mol. The molecule has 0 bridgehead atoms. The zero-order valence-corrected chi connectivity index (χ0v) is 13.6. The topological polar surface area (TPSA) is 26.0 Å². The number of hydrogen-bond acceptors (Lipinski definition) is 2. The van der Waals surface area contributed by atoms with E-state index in [0.717, 1.165) is 15.0 Å². The van der Waals surface area contributed by atoms with Gasteiger partial charge in [0.15, 0.2) is 0 Å². The molecule has 2 radical (unpaired) electrons. The first kappa shape index (κ1) is 12.9. The van der Waals surface area contributed by atoms with Gasteiger partial charge in [-0.05, 0) is 0 Å². The first-order chi connectivity index (χ1) is 8.23. The van der Waals surface area contributed by atoms with E-state index in [1.54, 1.807) is 0 Å². The molecule has 1 heterocycles. The van der Waals surface area contributed by atoms with Crippen molar-refractivity contribution < 1.29 is 4.42 Å². The Morgan fingerprint density at radius 3 is 2.35 bits per heavy atom. The van der Waals surface area contributed by atoms with Crippen molar-refractivity contribution in [1.29, 1.82) is 0 Å². The van der Waals surface area contributed by atoms with Gasteiger partial charge >= 0.3 is 113 Å². The Kier molecular flexibility index (Phi) is 4.12.